The molecule has 0 fully saturated rings. The monoisotopic (exact) mass is 260 g/mol. The van der Waals surface area contributed by atoms with Gasteiger partial charge in [0, 0.05) is 13.7 Å². The molecule has 5 nitrogen and oxygen atoms in total. The second-order valence-corrected chi connectivity index (χ2v) is 5.01. The molecule has 1 aromatic carbocycles. The van der Waals surface area contributed by atoms with Crippen molar-refractivity contribution in [3.05, 3.63) is 36.7 Å². The van der Waals surface area contributed by atoms with E-state index in [2.05, 4.69) is 29.5 Å². The highest BCUT2D eigenvalue weighted by Gasteiger charge is 2.15. The minimum atomic E-state index is -0.116. The number of hydrogen-bond donors (Lipinski definition) is 1. The fourth-order valence-corrected chi connectivity index (χ4v) is 1.76. The van der Waals surface area contributed by atoms with Gasteiger partial charge in [-0.05, 0) is 32.4 Å². The van der Waals surface area contributed by atoms with Gasteiger partial charge in [0.25, 0.3) is 0 Å². The van der Waals surface area contributed by atoms with Crippen molar-refractivity contribution in [3.63, 3.8) is 0 Å². The number of rotatable bonds is 6. The minimum Gasteiger partial charge on any atom is -0.383 e. The average Bonchev–Trinajstić information content (AvgIpc) is 2.93. The number of nitrogens with zero attached hydrogens (tertiary/aromatic N) is 3. The van der Waals surface area contributed by atoms with Gasteiger partial charge in [0.2, 0.25) is 0 Å². The van der Waals surface area contributed by atoms with E-state index in [-0.39, 0.29) is 5.60 Å². The van der Waals surface area contributed by atoms with E-state index in [9.17, 15) is 0 Å². The summed E-state index contributed by atoms with van der Waals surface area (Å²) in [6, 6.07) is 8.04. The van der Waals surface area contributed by atoms with Crippen molar-refractivity contribution < 1.29 is 4.74 Å². The predicted molar refractivity (Wildman–Crippen MR) is 75.6 cm³/mol. The van der Waals surface area contributed by atoms with Crippen molar-refractivity contribution >= 4 is 5.69 Å². The molecule has 0 amide bonds. The lowest BCUT2D eigenvalue weighted by molar-refractivity contribution is 0.0185. The van der Waals surface area contributed by atoms with Crippen LogP contribution in [-0.4, -0.2) is 34.2 Å². The first-order valence-electron chi connectivity index (χ1n) is 6.37. The Morgan fingerprint density at radius 2 is 2.11 bits per heavy atom. The van der Waals surface area contributed by atoms with Gasteiger partial charge in [0.1, 0.15) is 0 Å². The Morgan fingerprint density at radius 3 is 2.79 bits per heavy atom. The molecule has 5 heteroatoms. The Morgan fingerprint density at radius 1 is 1.32 bits per heavy atom. The summed E-state index contributed by atoms with van der Waals surface area (Å²) < 4.78 is 7.16. The van der Waals surface area contributed by atoms with Crippen LogP contribution in [0.4, 0.5) is 5.69 Å². The molecule has 0 spiro atoms. The molecule has 2 aromatic rings. The number of para-hydroxylation sites is 2. The summed E-state index contributed by atoms with van der Waals surface area (Å²) in [5, 5.41) is 11.3. The van der Waals surface area contributed by atoms with Crippen LogP contribution in [0.3, 0.4) is 0 Å². The summed E-state index contributed by atoms with van der Waals surface area (Å²) in [6.45, 7) is 5.00. The molecule has 1 N–H and O–H groups in total. The van der Waals surface area contributed by atoms with Gasteiger partial charge < -0.3 is 10.1 Å². The van der Waals surface area contributed by atoms with E-state index in [0.29, 0.717) is 0 Å². The SMILES string of the molecule is COC(C)(C)CCNc1ccccc1-n1ccnn1. The quantitative estimate of drug-likeness (QED) is 0.867. The second kappa shape index (κ2) is 5.84. The summed E-state index contributed by atoms with van der Waals surface area (Å²) in [4.78, 5) is 0. The Bertz CT molecular complexity index is 508. The van der Waals surface area contributed by atoms with Crippen LogP contribution in [0.15, 0.2) is 36.7 Å². The van der Waals surface area contributed by atoms with Crippen LogP contribution in [-0.2, 0) is 4.74 Å². The Labute approximate surface area is 113 Å². The molecule has 0 aliphatic heterocycles. The fraction of sp³-hybridized carbons (Fsp3) is 0.429. The van der Waals surface area contributed by atoms with Gasteiger partial charge in [0.05, 0.1) is 29.4 Å². The third kappa shape index (κ3) is 3.54. The van der Waals surface area contributed by atoms with Crippen LogP contribution in [0.5, 0.6) is 0 Å². The fourth-order valence-electron chi connectivity index (χ4n) is 1.76. The van der Waals surface area contributed by atoms with Gasteiger partial charge in [-0.25, -0.2) is 4.68 Å². The number of ether oxygens (including phenoxy) is 1. The van der Waals surface area contributed by atoms with Crippen molar-refractivity contribution in [1.29, 1.82) is 0 Å². The summed E-state index contributed by atoms with van der Waals surface area (Å²) in [6.07, 6.45) is 4.43. The van der Waals surface area contributed by atoms with Crippen molar-refractivity contribution in [3.8, 4) is 5.69 Å². The predicted octanol–water partition coefficient (Wildman–Crippen LogP) is 2.49. The lowest BCUT2D eigenvalue weighted by Gasteiger charge is -2.23. The molecule has 0 radical (unpaired) electrons. The number of methoxy groups -OCH3 is 1. The van der Waals surface area contributed by atoms with Crippen molar-refractivity contribution in [2.24, 2.45) is 0 Å². The van der Waals surface area contributed by atoms with Crippen LogP contribution in [0.2, 0.25) is 0 Å². The highest BCUT2D eigenvalue weighted by molar-refractivity contribution is 5.60. The molecule has 0 saturated heterocycles. The van der Waals surface area contributed by atoms with E-state index in [1.54, 1.807) is 18.0 Å². The van der Waals surface area contributed by atoms with Gasteiger partial charge in [-0.1, -0.05) is 17.3 Å². The molecular formula is C14H20N4O. The maximum Gasteiger partial charge on any atom is 0.0894 e. The number of anilines is 1. The van der Waals surface area contributed by atoms with Crippen molar-refractivity contribution in [2.75, 3.05) is 19.0 Å². The number of nitrogens with one attached hydrogen (secondary N) is 1. The van der Waals surface area contributed by atoms with Crippen LogP contribution in [0, 0.1) is 0 Å². The first kappa shape index (κ1) is 13.5. The minimum absolute atomic E-state index is 0.116. The van der Waals surface area contributed by atoms with Crippen molar-refractivity contribution in [1.82, 2.24) is 15.0 Å². The molecule has 102 valence electrons. The average molecular weight is 260 g/mol. The number of benzene rings is 1. The maximum absolute atomic E-state index is 5.41. The molecule has 2 rings (SSSR count). The normalized spacial score (nSPS) is 11.5. The number of hydrogen-bond acceptors (Lipinski definition) is 4. The van der Waals surface area contributed by atoms with Gasteiger partial charge in [-0.3, -0.25) is 0 Å². The van der Waals surface area contributed by atoms with E-state index >= 15 is 0 Å². The lowest BCUT2D eigenvalue weighted by Crippen LogP contribution is -2.26. The van der Waals surface area contributed by atoms with E-state index < -0.39 is 0 Å². The summed E-state index contributed by atoms with van der Waals surface area (Å²) >= 11 is 0. The largest absolute Gasteiger partial charge is 0.383 e. The maximum atomic E-state index is 5.41. The molecule has 1 heterocycles. The third-order valence-corrected chi connectivity index (χ3v) is 3.17. The molecule has 0 aliphatic carbocycles. The second-order valence-electron chi connectivity index (χ2n) is 5.01. The van der Waals surface area contributed by atoms with Crippen LogP contribution >= 0.6 is 0 Å². The van der Waals surface area contributed by atoms with E-state index in [4.69, 9.17) is 4.74 Å². The zero-order valence-corrected chi connectivity index (χ0v) is 11.6. The third-order valence-electron chi connectivity index (χ3n) is 3.17. The smallest absolute Gasteiger partial charge is 0.0894 e. The standard InChI is InChI=1S/C14H20N4O/c1-14(2,19-3)8-9-15-12-6-4-5-7-13(12)18-11-10-16-17-18/h4-7,10-11,15H,8-9H2,1-3H3. The van der Waals surface area contributed by atoms with E-state index in [1.807, 2.05) is 30.5 Å². The van der Waals surface area contributed by atoms with Gasteiger partial charge in [0.15, 0.2) is 0 Å². The van der Waals surface area contributed by atoms with E-state index in [1.165, 1.54) is 0 Å². The number of aromatic nitrogens is 3. The van der Waals surface area contributed by atoms with Crippen LogP contribution in [0.1, 0.15) is 20.3 Å². The topological polar surface area (TPSA) is 52.0 Å². The van der Waals surface area contributed by atoms with Crippen molar-refractivity contribution in [2.45, 2.75) is 25.9 Å². The molecule has 0 bridgehead atoms. The highest BCUT2D eigenvalue weighted by Crippen LogP contribution is 2.20. The first-order valence-corrected chi connectivity index (χ1v) is 6.37. The molecular weight excluding hydrogens is 240 g/mol. The molecule has 0 unspecified atom stereocenters. The zero-order chi connectivity index (χ0) is 13.7. The van der Waals surface area contributed by atoms with Gasteiger partial charge in [-0.15, -0.1) is 5.10 Å². The zero-order valence-electron chi connectivity index (χ0n) is 11.6. The molecule has 1 aromatic heterocycles. The van der Waals surface area contributed by atoms with Crippen LogP contribution in [0.25, 0.3) is 5.69 Å². The Balaban J connectivity index is 2.05. The van der Waals surface area contributed by atoms with E-state index in [0.717, 1.165) is 24.3 Å². The molecule has 0 atom stereocenters. The summed E-state index contributed by atoms with van der Waals surface area (Å²) in [7, 11) is 1.74. The summed E-state index contributed by atoms with van der Waals surface area (Å²) in [5.74, 6) is 0. The van der Waals surface area contributed by atoms with Gasteiger partial charge in [-0.2, -0.15) is 0 Å². The highest BCUT2D eigenvalue weighted by atomic mass is 16.5. The first-order chi connectivity index (χ1) is 9.12. The molecule has 0 saturated carbocycles. The van der Waals surface area contributed by atoms with Gasteiger partial charge >= 0.3 is 0 Å². The Hall–Kier alpha value is -1.88. The molecule has 19 heavy (non-hydrogen) atoms. The summed E-state index contributed by atoms with van der Waals surface area (Å²) in [5.41, 5.74) is 1.92. The van der Waals surface area contributed by atoms with Crippen LogP contribution < -0.4 is 5.32 Å². The lowest BCUT2D eigenvalue weighted by atomic mass is 10.1. The Kier molecular flexibility index (Phi) is 4.16. The molecule has 0 aliphatic rings.